The Morgan fingerprint density at radius 3 is 2.60 bits per heavy atom. The van der Waals surface area contributed by atoms with Crippen LogP contribution in [0.2, 0.25) is 0 Å². The van der Waals surface area contributed by atoms with E-state index in [0.29, 0.717) is 31.3 Å². The summed E-state index contributed by atoms with van der Waals surface area (Å²) in [5, 5.41) is 12.1. The van der Waals surface area contributed by atoms with Crippen molar-refractivity contribution in [3.8, 4) is 0 Å². The molecule has 2 amide bonds. The molecule has 1 saturated carbocycles. The van der Waals surface area contributed by atoms with Gasteiger partial charge < -0.3 is 15.3 Å². The minimum Gasteiger partial charge on any atom is -0.481 e. The Labute approximate surface area is 120 Å². The molecule has 0 aromatic heterocycles. The number of carboxylic acid groups (broad SMARTS) is 1. The fourth-order valence-electron chi connectivity index (χ4n) is 3.38. The third kappa shape index (κ3) is 3.64. The first kappa shape index (κ1) is 15.1. The van der Waals surface area contributed by atoms with Crippen LogP contribution in [0.4, 0.5) is 4.79 Å². The Morgan fingerprint density at radius 1 is 1.25 bits per heavy atom. The van der Waals surface area contributed by atoms with Crippen LogP contribution in [0.1, 0.15) is 46.0 Å². The lowest BCUT2D eigenvalue weighted by molar-refractivity contribution is -0.141. The number of hydrogen-bond acceptors (Lipinski definition) is 2. The first-order valence-corrected chi connectivity index (χ1v) is 7.75. The van der Waals surface area contributed by atoms with E-state index in [1.807, 2.05) is 0 Å². The number of nitrogens with zero attached hydrogens (tertiary/aromatic N) is 1. The van der Waals surface area contributed by atoms with Crippen molar-refractivity contribution in [2.24, 2.45) is 17.8 Å². The molecule has 0 spiro atoms. The summed E-state index contributed by atoms with van der Waals surface area (Å²) in [6.07, 6.45) is 5.10. The molecule has 5 heteroatoms. The van der Waals surface area contributed by atoms with Gasteiger partial charge in [-0.25, -0.2) is 4.79 Å². The summed E-state index contributed by atoms with van der Waals surface area (Å²) in [5.74, 6) is 0.172. The molecule has 2 aliphatic rings. The van der Waals surface area contributed by atoms with E-state index >= 15 is 0 Å². The number of nitrogens with one attached hydrogen (secondary N) is 1. The van der Waals surface area contributed by atoms with Gasteiger partial charge in [0.05, 0.1) is 5.92 Å². The topological polar surface area (TPSA) is 69.6 Å². The summed E-state index contributed by atoms with van der Waals surface area (Å²) in [5.41, 5.74) is 0. The van der Waals surface area contributed by atoms with E-state index in [2.05, 4.69) is 19.2 Å². The zero-order valence-corrected chi connectivity index (χ0v) is 12.5. The van der Waals surface area contributed by atoms with Gasteiger partial charge >= 0.3 is 12.0 Å². The van der Waals surface area contributed by atoms with Crippen LogP contribution in [0.25, 0.3) is 0 Å². The second kappa shape index (κ2) is 6.46. The molecule has 1 saturated heterocycles. The third-order valence-electron chi connectivity index (χ3n) is 4.81. The Hall–Kier alpha value is -1.26. The monoisotopic (exact) mass is 282 g/mol. The molecule has 1 heterocycles. The Bertz CT molecular complexity index is 370. The molecule has 114 valence electrons. The van der Waals surface area contributed by atoms with Crippen LogP contribution in [-0.2, 0) is 4.79 Å². The van der Waals surface area contributed by atoms with Gasteiger partial charge in [0.2, 0.25) is 0 Å². The number of amides is 2. The molecule has 0 aromatic rings. The van der Waals surface area contributed by atoms with E-state index < -0.39 is 11.9 Å². The van der Waals surface area contributed by atoms with E-state index in [9.17, 15) is 9.59 Å². The molecule has 0 radical (unpaired) electrons. The second-order valence-corrected chi connectivity index (χ2v) is 6.59. The summed E-state index contributed by atoms with van der Waals surface area (Å²) in [7, 11) is 0. The minimum absolute atomic E-state index is 0.0804. The van der Waals surface area contributed by atoms with E-state index in [4.69, 9.17) is 5.11 Å². The van der Waals surface area contributed by atoms with E-state index in [-0.39, 0.29) is 12.1 Å². The van der Waals surface area contributed by atoms with Crippen LogP contribution in [0, 0.1) is 17.8 Å². The summed E-state index contributed by atoms with van der Waals surface area (Å²) < 4.78 is 0. The van der Waals surface area contributed by atoms with E-state index in [1.54, 1.807) is 4.90 Å². The number of hydrogen-bond donors (Lipinski definition) is 2. The molecule has 2 fully saturated rings. The molecule has 2 rings (SSSR count). The van der Waals surface area contributed by atoms with Crippen molar-refractivity contribution < 1.29 is 14.7 Å². The molecular weight excluding hydrogens is 256 g/mol. The largest absolute Gasteiger partial charge is 0.481 e. The number of carbonyl (C=O) groups is 2. The van der Waals surface area contributed by atoms with Crippen LogP contribution < -0.4 is 5.32 Å². The smallest absolute Gasteiger partial charge is 0.317 e. The Kier molecular flexibility index (Phi) is 4.89. The molecule has 1 aliphatic carbocycles. The van der Waals surface area contributed by atoms with Gasteiger partial charge in [-0.3, -0.25) is 4.79 Å². The average Bonchev–Trinajstić information content (AvgIpc) is 2.88. The molecule has 2 N–H and O–H groups in total. The van der Waals surface area contributed by atoms with Crippen LogP contribution in [0.15, 0.2) is 0 Å². The molecule has 1 aliphatic heterocycles. The van der Waals surface area contributed by atoms with Crippen molar-refractivity contribution in [2.45, 2.75) is 52.0 Å². The van der Waals surface area contributed by atoms with Crippen LogP contribution >= 0.6 is 0 Å². The number of carboxylic acids is 1. The van der Waals surface area contributed by atoms with Crippen molar-refractivity contribution in [1.82, 2.24) is 10.2 Å². The standard InChI is InChI=1S/C15H26N2O3/c1-10(2)11-4-3-5-13(8-11)16-15(20)17-7-6-12(9-17)14(18)19/h10-13H,3-9H2,1-2H3,(H,16,20)(H,18,19). The van der Waals surface area contributed by atoms with E-state index in [0.717, 1.165) is 12.8 Å². The van der Waals surface area contributed by atoms with Gasteiger partial charge in [-0.05, 0) is 31.1 Å². The number of rotatable bonds is 3. The first-order chi connectivity index (χ1) is 9.47. The third-order valence-corrected chi connectivity index (χ3v) is 4.81. The number of likely N-dealkylation sites (tertiary alicyclic amines) is 1. The lowest BCUT2D eigenvalue weighted by atomic mass is 9.79. The SMILES string of the molecule is CC(C)C1CCCC(NC(=O)N2CCC(C(=O)O)C2)C1. The molecule has 3 unspecified atom stereocenters. The lowest BCUT2D eigenvalue weighted by Gasteiger charge is -2.33. The molecule has 0 bridgehead atoms. The highest BCUT2D eigenvalue weighted by Crippen LogP contribution is 2.30. The fraction of sp³-hybridized carbons (Fsp3) is 0.867. The van der Waals surface area contributed by atoms with Gasteiger partial charge in [-0.2, -0.15) is 0 Å². The number of carbonyl (C=O) groups excluding carboxylic acids is 1. The predicted octanol–water partition coefficient (Wildman–Crippen LogP) is 2.32. The zero-order chi connectivity index (χ0) is 14.7. The quantitative estimate of drug-likeness (QED) is 0.834. The van der Waals surface area contributed by atoms with Crippen LogP contribution in [-0.4, -0.2) is 41.1 Å². The van der Waals surface area contributed by atoms with Gasteiger partial charge in [0.15, 0.2) is 0 Å². The van der Waals surface area contributed by atoms with Gasteiger partial charge in [0, 0.05) is 19.1 Å². The Balaban J connectivity index is 1.81. The van der Waals surface area contributed by atoms with Crippen molar-refractivity contribution in [2.75, 3.05) is 13.1 Å². The zero-order valence-electron chi connectivity index (χ0n) is 12.5. The maximum absolute atomic E-state index is 12.2. The molecule has 20 heavy (non-hydrogen) atoms. The van der Waals surface area contributed by atoms with Gasteiger partial charge in [-0.15, -0.1) is 0 Å². The van der Waals surface area contributed by atoms with E-state index in [1.165, 1.54) is 12.8 Å². The minimum atomic E-state index is -0.794. The van der Waals surface area contributed by atoms with Gasteiger partial charge in [-0.1, -0.05) is 26.7 Å². The van der Waals surface area contributed by atoms with Crippen molar-refractivity contribution in [3.05, 3.63) is 0 Å². The maximum atomic E-state index is 12.2. The van der Waals surface area contributed by atoms with Crippen molar-refractivity contribution >= 4 is 12.0 Å². The van der Waals surface area contributed by atoms with Crippen LogP contribution in [0.3, 0.4) is 0 Å². The fourth-order valence-corrected chi connectivity index (χ4v) is 3.38. The molecule has 5 nitrogen and oxygen atoms in total. The predicted molar refractivity (Wildman–Crippen MR) is 76.4 cm³/mol. The Morgan fingerprint density at radius 2 is 2.00 bits per heavy atom. The summed E-state index contributed by atoms with van der Waals surface area (Å²) >= 11 is 0. The lowest BCUT2D eigenvalue weighted by Crippen LogP contribution is -2.46. The normalized spacial score (nSPS) is 30.6. The average molecular weight is 282 g/mol. The summed E-state index contributed by atoms with van der Waals surface area (Å²) in [4.78, 5) is 24.7. The number of urea groups is 1. The van der Waals surface area contributed by atoms with Crippen molar-refractivity contribution in [1.29, 1.82) is 0 Å². The molecular formula is C15H26N2O3. The van der Waals surface area contributed by atoms with Crippen molar-refractivity contribution in [3.63, 3.8) is 0 Å². The maximum Gasteiger partial charge on any atom is 0.317 e. The van der Waals surface area contributed by atoms with Crippen LogP contribution in [0.5, 0.6) is 0 Å². The van der Waals surface area contributed by atoms with Gasteiger partial charge in [0.1, 0.15) is 0 Å². The second-order valence-electron chi connectivity index (χ2n) is 6.59. The summed E-state index contributed by atoms with van der Waals surface area (Å²) in [6, 6.07) is 0.177. The highest BCUT2D eigenvalue weighted by molar-refractivity contribution is 5.77. The first-order valence-electron chi connectivity index (χ1n) is 7.75. The highest BCUT2D eigenvalue weighted by atomic mass is 16.4. The number of aliphatic carboxylic acids is 1. The highest BCUT2D eigenvalue weighted by Gasteiger charge is 2.32. The summed E-state index contributed by atoms with van der Waals surface area (Å²) in [6.45, 7) is 5.39. The molecule has 3 atom stereocenters. The van der Waals surface area contributed by atoms with Gasteiger partial charge in [0.25, 0.3) is 0 Å². The molecule has 0 aromatic carbocycles.